The summed E-state index contributed by atoms with van der Waals surface area (Å²) in [5, 5.41) is 33.9. The van der Waals surface area contributed by atoms with E-state index in [4.69, 9.17) is 57.8 Å². The lowest BCUT2D eigenvalue weighted by atomic mass is 9.91. The number of fused-ring (bicyclic) bond motifs is 4. The van der Waals surface area contributed by atoms with Crippen LogP contribution in [0.25, 0.3) is 85.9 Å². The molecule has 2 aliphatic heterocycles. The van der Waals surface area contributed by atoms with Gasteiger partial charge in [-0.1, -0.05) is 47.5 Å². The predicted molar refractivity (Wildman–Crippen MR) is 358 cm³/mol. The minimum absolute atomic E-state index is 0.279. The molecule has 1 unspecified atom stereocenters. The minimum Gasteiger partial charge on any atom is -0.479 e. The molecule has 0 radical (unpaired) electrons. The number of pyridine rings is 1. The monoisotopic (exact) mass is 1320 g/mol. The fraction of sp³-hybridized carbons (Fsp3) is 0.388. The normalized spacial score (nSPS) is 15.8. The molecule has 5 aromatic heterocycles. The number of carboxylic acids is 2. The molecule has 10 aromatic rings. The maximum Gasteiger partial charge on any atom is 0.403 e. The lowest BCUT2D eigenvalue weighted by Gasteiger charge is -2.38. The van der Waals surface area contributed by atoms with Crippen LogP contribution in [-0.2, 0) is 33.2 Å². The molecule has 2 saturated heterocycles. The van der Waals surface area contributed by atoms with E-state index < -0.39 is 47.6 Å². The summed E-state index contributed by atoms with van der Waals surface area (Å²) in [4.78, 5) is 48.6. The van der Waals surface area contributed by atoms with Crippen LogP contribution in [0, 0.1) is 13.8 Å². The van der Waals surface area contributed by atoms with Crippen LogP contribution in [0.15, 0.2) is 91.0 Å². The maximum absolute atomic E-state index is 13.4. The van der Waals surface area contributed by atoms with Crippen LogP contribution in [0.5, 0.6) is 0 Å². The van der Waals surface area contributed by atoms with Crippen molar-refractivity contribution >= 4 is 112 Å². The fourth-order valence-electron chi connectivity index (χ4n) is 11.9. The molecule has 3 atom stereocenters. The van der Waals surface area contributed by atoms with E-state index in [0.29, 0.717) is 34.3 Å². The first-order valence-electron chi connectivity index (χ1n) is 29.9. The molecule has 7 heterocycles. The SMILES string of the molecule is Cc1cc2nc(-c3ccc4c(c3)c(N3CCN(C(C)C(F)(F)F)CC3)nn4C)sc2c(-c2ccc(Cl)cc2)c1[C@H](OC(C)(C)C)C(=O)O.Cc1cc2nc(-c3ccc4c(n3)c(N3CCN(C)CC3)nn4C)sc2c(-c2ccc(Cl)cc2)c1[C@H](OC(C)(C)C)C(=O)O. The minimum atomic E-state index is -4.27. The van der Waals surface area contributed by atoms with Gasteiger partial charge in [0.1, 0.15) is 21.6 Å². The first-order chi connectivity index (χ1) is 42.9. The first kappa shape index (κ1) is 65.2. The van der Waals surface area contributed by atoms with Crippen molar-refractivity contribution < 1.29 is 42.4 Å². The summed E-state index contributed by atoms with van der Waals surface area (Å²) in [6.07, 6.45) is -6.66. The quantitative estimate of drug-likeness (QED) is 0.111. The number of benzene rings is 5. The van der Waals surface area contributed by atoms with Gasteiger partial charge < -0.3 is 34.4 Å². The number of aryl methyl sites for hydroxylation is 4. The van der Waals surface area contributed by atoms with E-state index >= 15 is 0 Å². The number of hydrogen-bond acceptors (Lipinski definition) is 15. The molecule has 2 fully saturated rings. The summed E-state index contributed by atoms with van der Waals surface area (Å²) in [6, 6.07) is 27.1. The highest BCUT2D eigenvalue weighted by Crippen LogP contribution is 2.47. The van der Waals surface area contributed by atoms with Crippen LogP contribution in [0.4, 0.5) is 24.8 Å². The Morgan fingerprint density at radius 3 is 1.51 bits per heavy atom. The standard InChI is InChI=1S/C35H37ClF3N5O3S.C32H35ClN6O3S/c1-19-17-25-30(28(21-7-10-23(36)11-8-21)27(19)29(33(45)46)47-34(3,4)5)48-32(40-25)22-9-12-26-24(18-22)31(41-42(26)6)44-15-13-43(14-16-44)20(2)35(37,38)39;1-18-17-22-28(25(19-7-9-20(33)10-8-19)24(18)27(31(40)41)42-32(2,3)4)43-30(35-22)21-11-12-23-26(34-21)29(36-38(23)6)39-15-13-37(5)14-16-39/h7-12,17-18,20,29H,13-16H2,1-6H3,(H,45,46);7-12,17,27H,13-16H2,1-6H3,(H,40,41)/t20?,29-;27-/m00/s1. The topological polar surface area (TPSA) is 180 Å². The van der Waals surface area contributed by atoms with Crippen molar-refractivity contribution in [2.45, 2.75) is 97.9 Å². The van der Waals surface area contributed by atoms with Gasteiger partial charge in [-0.3, -0.25) is 14.3 Å². The summed E-state index contributed by atoms with van der Waals surface area (Å²) >= 11 is 15.5. The summed E-state index contributed by atoms with van der Waals surface area (Å²) in [5.74, 6) is -0.524. The van der Waals surface area contributed by atoms with E-state index in [9.17, 15) is 33.0 Å². The Morgan fingerprint density at radius 1 is 0.571 bits per heavy atom. The number of nitrogens with zero attached hydrogens (tertiary/aromatic N) is 11. The number of alkyl halides is 3. The van der Waals surface area contributed by atoms with Crippen LogP contribution in [0.3, 0.4) is 0 Å². The molecule has 91 heavy (non-hydrogen) atoms. The van der Waals surface area contributed by atoms with E-state index in [-0.39, 0.29) is 13.1 Å². The molecular formula is C67H72Cl2F3N11O6S2. The Balaban J connectivity index is 0.000000188. The van der Waals surface area contributed by atoms with Crippen LogP contribution in [0.2, 0.25) is 10.0 Å². The Kier molecular flexibility index (Phi) is 18.1. The molecule has 0 spiro atoms. The van der Waals surface area contributed by atoms with Crippen LogP contribution >= 0.6 is 45.9 Å². The summed E-state index contributed by atoms with van der Waals surface area (Å²) in [7, 11) is 5.94. The number of thiazole rings is 2. The van der Waals surface area contributed by atoms with Crippen LogP contribution in [0.1, 0.15) is 82.9 Å². The van der Waals surface area contributed by atoms with Crippen molar-refractivity contribution in [1.29, 1.82) is 0 Å². The summed E-state index contributed by atoms with van der Waals surface area (Å²) in [5.41, 5.74) is 10.3. The molecule has 5 aromatic carbocycles. The second kappa shape index (κ2) is 25.3. The molecule has 2 N–H and O–H groups in total. The molecule has 0 amide bonds. The zero-order valence-electron chi connectivity index (χ0n) is 52.7. The second-order valence-corrected chi connectivity index (χ2v) is 28.2. The third-order valence-electron chi connectivity index (χ3n) is 16.5. The third-order valence-corrected chi connectivity index (χ3v) is 19.2. The van der Waals surface area contributed by atoms with Crippen molar-refractivity contribution in [2.75, 3.05) is 69.2 Å². The average molecular weight is 1320 g/mol. The maximum atomic E-state index is 13.4. The van der Waals surface area contributed by atoms with E-state index in [0.717, 1.165) is 135 Å². The van der Waals surface area contributed by atoms with Gasteiger partial charge in [0, 0.05) is 110 Å². The Labute approximate surface area is 543 Å². The van der Waals surface area contributed by atoms with Gasteiger partial charge in [-0.05, 0) is 158 Å². The van der Waals surface area contributed by atoms with E-state index in [1.165, 1.54) is 34.5 Å². The summed E-state index contributed by atoms with van der Waals surface area (Å²) < 4.78 is 57.7. The largest absolute Gasteiger partial charge is 0.479 e. The van der Waals surface area contributed by atoms with Gasteiger partial charge in [0.2, 0.25) is 0 Å². The van der Waals surface area contributed by atoms with Crippen molar-refractivity contribution in [1.82, 2.24) is 44.3 Å². The van der Waals surface area contributed by atoms with Crippen molar-refractivity contribution in [3.63, 3.8) is 0 Å². The number of carbonyl (C=O) groups is 2. The molecular weight excluding hydrogens is 1250 g/mol. The van der Waals surface area contributed by atoms with Gasteiger partial charge in [0.05, 0.1) is 48.4 Å². The van der Waals surface area contributed by atoms with Crippen LogP contribution < -0.4 is 9.80 Å². The number of aliphatic carboxylic acids is 2. The van der Waals surface area contributed by atoms with Gasteiger partial charge in [-0.25, -0.2) is 24.5 Å². The van der Waals surface area contributed by atoms with E-state index in [2.05, 4.69) is 16.8 Å². The highest BCUT2D eigenvalue weighted by molar-refractivity contribution is 7.22. The van der Waals surface area contributed by atoms with E-state index in [1.54, 1.807) is 16.8 Å². The Morgan fingerprint density at radius 2 is 1.01 bits per heavy atom. The third kappa shape index (κ3) is 13.6. The molecule has 24 heteroatoms. The number of piperazine rings is 2. The number of likely N-dealkylation sites (N-methyl/N-ethyl adjacent to an activating group) is 1. The lowest BCUT2D eigenvalue weighted by molar-refractivity contribution is -0.179. The number of rotatable bonds is 13. The molecule has 478 valence electrons. The zero-order valence-corrected chi connectivity index (χ0v) is 55.8. The Hall–Kier alpha value is -7.28. The number of aromatic nitrogens is 7. The van der Waals surface area contributed by atoms with Gasteiger partial charge >= 0.3 is 18.1 Å². The number of carboxylic acid groups (broad SMARTS) is 2. The van der Waals surface area contributed by atoms with Gasteiger partial charge in [-0.2, -0.15) is 23.4 Å². The number of anilines is 2. The van der Waals surface area contributed by atoms with Crippen molar-refractivity contribution in [3.05, 3.63) is 123 Å². The molecule has 17 nitrogen and oxygen atoms in total. The fourth-order valence-corrected chi connectivity index (χ4v) is 14.4. The number of hydrogen-bond donors (Lipinski definition) is 2. The molecule has 0 aliphatic carbocycles. The molecule has 0 saturated carbocycles. The second-order valence-electron chi connectivity index (χ2n) is 25.3. The smallest absolute Gasteiger partial charge is 0.403 e. The number of halogens is 5. The highest BCUT2D eigenvalue weighted by atomic mass is 35.5. The Bertz CT molecular complexity index is 4390. The molecule has 0 bridgehead atoms. The highest BCUT2D eigenvalue weighted by Gasteiger charge is 2.42. The molecule has 12 rings (SSSR count). The summed E-state index contributed by atoms with van der Waals surface area (Å²) in [6.45, 7) is 21.2. The zero-order chi connectivity index (χ0) is 65.3. The lowest BCUT2D eigenvalue weighted by Crippen LogP contribution is -2.53. The average Bonchev–Trinajstić information content (AvgIpc) is 1.60. The number of ether oxygens (including phenoxy) is 2. The van der Waals surface area contributed by atoms with E-state index in [1.807, 2.05) is 158 Å². The van der Waals surface area contributed by atoms with Crippen molar-refractivity contribution in [2.24, 2.45) is 14.1 Å². The van der Waals surface area contributed by atoms with Gasteiger partial charge in [0.25, 0.3) is 0 Å². The van der Waals surface area contributed by atoms with Gasteiger partial charge in [0.15, 0.2) is 23.8 Å². The van der Waals surface area contributed by atoms with Crippen molar-refractivity contribution in [3.8, 4) is 43.5 Å². The predicted octanol–water partition coefficient (Wildman–Crippen LogP) is 15.1. The molecule has 2 aliphatic rings. The van der Waals surface area contributed by atoms with Crippen LogP contribution in [-0.4, -0.2) is 149 Å². The first-order valence-corrected chi connectivity index (χ1v) is 32.3. The van der Waals surface area contributed by atoms with Gasteiger partial charge in [-0.15, -0.1) is 22.7 Å².